The van der Waals surface area contributed by atoms with E-state index < -0.39 is 9.84 Å². The number of sulfone groups is 1. The Labute approximate surface area is 109 Å². The Morgan fingerprint density at radius 3 is 2.56 bits per heavy atom. The van der Waals surface area contributed by atoms with Gasteiger partial charge in [0.1, 0.15) is 0 Å². The van der Waals surface area contributed by atoms with E-state index in [2.05, 4.69) is 4.90 Å². The van der Waals surface area contributed by atoms with E-state index >= 15 is 0 Å². The first kappa shape index (κ1) is 13.8. The van der Waals surface area contributed by atoms with Crippen LogP contribution in [0.4, 0.5) is 0 Å². The molecule has 2 aliphatic rings. The van der Waals surface area contributed by atoms with Gasteiger partial charge in [-0.15, -0.1) is 0 Å². The smallest absolute Gasteiger partial charge is 0.226 e. The van der Waals surface area contributed by atoms with E-state index in [0.29, 0.717) is 12.5 Å². The number of amides is 1. The first-order chi connectivity index (χ1) is 8.39. The van der Waals surface area contributed by atoms with Crippen molar-refractivity contribution >= 4 is 15.7 Å². The molecule has 2 fully saturated rings. The van der Waals surface area contributed by atoms with Crippen LogP contribution in [-0.4, -0.2) is 68.9 Å². The third-order valence-corrected chi connectivity index (χ3v) is 5.79. The second-order valence-electron chi connectivity index (χ2n) is 5.64. The highest BCUT2D eigenvalue weighted by atomic mass is 32.2. The van der Waals surface area contributed by atoms with Crippen molar-refractivity contribution in [1.82, 2.24) is 9.80 Å². The van der Waals surface area contributed by atoms with Gasteiger partial charge in [0.2, 0.25) is 5.91 Å². The predicted molar refractivity (Wildman–Crippen MR) is 70.0 cm³/mol. The van der Waals surface area contributed by atoms with Gasteiger partial charge in [-0.3, -0.25) is 4.79 Å². The van der Waals surface area contributed by atoms with Crippen molar-refractivity contribution in [3.8, 4) is 0 Å². The number of piperidine rings is 1. The largest absolute Gasteiger partial charge is 0.341 e. The monoisotopic (exact) mass is 274 g/mol. The summed E-state index contributed by atoms with van der Waals surface area (Å²) in [4.78, 5) is 16.3. The molecule has 18 heavy (non-hydrogen) atoms. The Balaban J connectivity index is 1.97. The third-order valence-electron chi connectivity index (χ3n) is 4.02. The molecule has 6 heteroatoms. The molecule has 1 amide bonds. The molecule has 0 aromatic rings. The molecule has 0 aliphatic carbocycles. The molecular formula is C12H22N2O3S. The highest BCUT2D eigenvalue weighted by Gasteiger charge is 2.36. The van der Waals surface area contributed by atoms with Gasteiger partial charge in [-0.2, -0.15) is 0 Å². The molecule has 0 unspecified atom stereocenters. The zero-order chi connectivity index (χ0) is 13.3. The van der Waals surface area contributed by atoms with Gasteiger partial charge in [0.05, 0.1) is 17.4 Å². The predicted octanol–water partition coefficient (Wildman–Crippen LogP) is -0.0263. The zero-order valence-corrected chi connectivity index (χ0v) is 11.9. The molecule has 0 spiro atoms. The van der Waals surface area contributed by atoms with Crippen LogP contribution in [0.2, 0.25) is 0 Å². The summed E-state index contributed by atoms with van der Waals surface area (Å²) in [5.41, 5.74) is 0. The average Bonchev–Trinajstić information content (AvgIpc) is 2.69. The number of hydrogen-bond acceptors (Lipinski definition) is 4. The van der Waals surface area contributed by atoms with Gasteiger partial charge >= 0.3 is 0 Å². The number of carbonyl (C=O) groups excluding carboxylic acids is 1. The van der Waals surface area contributed by atoms with Crippen molar-refractivity contribution in [3.63, 3.8) is 0 Å². The first-order valence-corrected chi connectivity index (χ1v) is 8.37. The minimum absolute atomic E-state index is 0.0441. The van der Waals surface area contributed by atoms with Crippen LogP contribution in [0.5, 0.6) is 0 Å². The Morgan fingerprint density at radius 2 is 2.00 bits per heavy atom. The molecule has 5 nitrogen and oxygen atoms in total. The summed E-state index contributed by atoms with van der Waals surface area (Å²) in [5, 5.41) is 0. The number of nitrogens with zero attached hydrogens (tertiary/aromatic N) is 2. The van der Waals surface area contributed by atoms with E-state index in [9.17, 15) is 13.2 Å². The summed E-state index contributed by atoms with van der Waals surface area (Å²) in [6.07, 6.45) is 2.62. The number of carbonyl (C=O) groups is 1. The molecule has 0 N–H and O–H groups in total. The van der Waals surface area contributed by atoms with Crippen molar-refractivity contribution in [3.05, 3.63) is 0 Å². The summed E-state index contributed by atoms with van der Waals surface area (Å²) in [7, 11) is 1.09. The summed E-state index contributed by atoms with van der Waals surface area (Å²) in [5.74, 6) is -0.0258. The Bertz CT molecular complexity index is 419. The zero-order valence-electron chi connectivity index (χ0n) is 11.1. The van der Waals surface area contributed by atoms with E-state index in [1.165, 1.54) is 0 Å². The molecule has 0 radical (unpaired) electrons. The van der Waals surface area contributed by atoms with Crippen LogP contribution >= 0.6 is 0 Å². The fourth-order valence-electron chi connectivity index (χ4n) is 2.82. The maximum absolute atomic E-state index is 12.3. The Kier molecular flexibility index (Phi) is 3.96. The fourth-order valence-corrected chi connectivity index (χ4v) is 4.56. The van der Waals surface area contributed by atoms with Gasteiger partial charge in [-0.1, -0.05) is 0 Å². The number of likely N-dealkylation sites (tertiary alicyclic amines) is 1. The highest BCUT2D eigenvalue weighted by molar-refractivity contribution is 7.91. The van der Waals surface area contributed by atoms with Gasteiger partial charge in [-0.25, -0.2) is 8.42 Å². The van der Waals surface area contributed by atoms with Crippen LogP contribution in [0.25, 0.3) is 0 Å². The molecule has 104 valence electrons. The fraction of sp³-hybridized carbons (Fsp3) is 0.917. The highest BCUT2D eigenvalue weighted by Crippen LogP contribution is 2.23. The summed E-state index contributed by atoms with van der Waals surface area (Å²) < 4.78 is 22.8. The molecule has 2 heterocycles. The molecular weight excluding hydrogens is 252 g/mol. The van der Waals surface area contributed by atoms with Gasteiger partial charge in [0.15, 0.2) is 9.84 Å². The van der Waals surface area contributed by atoms with Crippen LogP contribution in [0, 0.1) is 5.92 Å². The summed E-state index contributed by atoms with van der Waals surface area (Å²) in [6.45, 7) is 1.52. The van der Waals surface area contributed by atoms with Crippen LogP contribution < -0.4 is 0 Å². The molecule has 0 aromatic heterocycles. The normalized spacial score (nSPS) is 31.8. The number of hydrogen-bond donors (Lipinski definition) is 0. The second-order valence-corrected chi connectivity index (χ2v) is 7.87. The maximum atomic E-state index is 12.3. The minimum Gasteiger partial charge on any atom is -0.341 e. The van der Waals surface area contributed by atoms with Gasteiger partial charge < -0.3 is 9.80 Å². The van der Waals surface area contributed by atoms with Crippen molar-refractivity contribution in [2.75, 3.05) is 38.7 Å². The van der Waals surface area contributed by atoms with E-state index in [1.807, 2.05) is 19.0 Å². The number of rotatable bonds is 2. The molecule has 0 aromatic carbocycles. The lowest BCUT2D eigenvalue weighted by molar-refractivity contribution is -0.136. The van der Waals surface area contributed by atoms with E-state index in [4.69, 9.17) is 0 Å². The molecule has 2 rings (SSSR count). The molecule has 2 atom stereocenters. The van der Waals surface area contributed by atoms with Crippen LogP contribution in [0.3, 0.4) is 0 Å². The molecule has 0 saturated carbocycles. The van der Waals surface area contributed by atoms with Crippen LogP contribution in [0.1, 0.15) is 19.3 Å². The first-order valence-electron chi connectivity index (χ1n) is 6.55. The van der Waals surface area contributed by atoms with Crippen LogP contribution in [-0.2, 0) is 14.6 Å². The third kappa shape index (κ3) is 3.03. The van der Waals surface area contributed by atoms with E-state index in [0.717, 1.165) is 25.9 Å². The van der Waals surface area contributed by atoms with Crippen molar-refractivity contribution < 1.29 is 13.2 Å². The van der Waals surface area contributed by atoms with Crippen molar-refractivity contribution in [1.29, 1.82) is 0 Å². The summed E-state index contributed by atoms with van der Waals surface area (Å²) >= 11 is 0. The van der Waals surface area contributed by atoms with Crippen molar-refractivity contribution in [2.45, 2.75) is 25.3 Å². The lowest BCUT2D eigenvalue weighted by Crippen LogP contribution is -2.49. The topological polar surface area (TPSA) is 57.7 Å². The van der Waals surface area contributed by atoms with Gasteiger partial charge in [-0.05, 0) is 33.4 Å². The lowest BCUT2D eigenvalue weighted by Gasteiger charge is -2.37. The quantitative estimate of drug-likeness (QED) is 0.710. The van der Waals surface area contributed by atoms with E-state index in [-0.39, 0.29) is 23.3 Å². The molecule has 2 aliphatic heterocycles. The molecule has 2 saturated heterocycles. The Morgan fingerprint density at radius 1 is 1.28 bits per heavy atom. The second kappa shape index (κ2) is 5.17. The summed E-state index contributed by atoms with van der Waals surface area (Å²) in [6, 6.07) is 0.403. The minimum atomic E-state index is -2.97. The van der Waals surface area contributed by atoms with E-state index in [1.54, 1.807) is 0 Å². The maximum Gasteiger partial charge on any atom is 0.226 e. The van der Waals surface area contributed by atoms with Gasteiger partial charge in [0, 0.05) is 19.1 Å². The lowest BCUT2D eigenvalue weighted by atomic mass is 10.0. The number of likely N-dealkylation sites (N-methyl/N-ethyl adjacent to an activating group) is 1. The van der Waals surface area contributed by atoms with Crippen molar-refractivity contribution in [2.24, 2.45) is 5.92 Å². The Hall–Kier alpha value is -0.620. The standard InChI is InChI=1S/C12H22N2O3S/c1-13(2)11-4-3-6-14(8-11)12(15)10-5-7-18(16,17)9-10/h10-11H,3-9H2,1-2H3/t10-,11-/m1/s1. The molecule has 0 bridgehead atoms. The van der Waals surface area contributed by atoms with Crippen LogP contribution in [0.15, 0.2) is 0 Å². The SMILES string of the molecule is CN(C)[C@@H]1CCCN(C(=O)[C@@H]2CCS(=O)(=O)C2)C1. The van der Waals surface area contributed by atoms with Gasteiger partial charge in [0.25, 0.3) is 0 Å². The average molecular weight is 274 g/mol.